The molecule has 0 aliphatic rings. The van der Waals surface area contributed by atoms with Gasteiger partial charge in [-0.2, -0.15) is 0 Å². The Morgan fingerprint density at radius 2 is 2.40 bits per heavy atom. The first-order chi connectivity index (χ1) is 4.58. The maximum atomic E-state index is 10.1. The van der Waals surface area contributed by atoms with Crippen LogP contribution in [0.25, 0.3) is 0 Å². The monoisotopic (exact) mass is 165 g/mol. The molecule has 10 heavy (non-hydrogen) atoms. The van der Waals surface area contributed by atoms with Crippen LogP contribution in [0.5, 0.6) is 5.88 Å². The van der Waals surface area contributed by atoms with E-state index in [1.165, 1.54) is 6.07 Å². The van der Waals surface area contributed by atoms with Crippen LogP contribution in [-0.4, -0.2) is 14.9 Å². The molecule has 1 heterocycles. The summed E-state index contributed by atoms with van der Waals surface area (Å²) in [5.74, 6) is -0.228. The van der Waals surface area contributed by atoms with Gasteiger partial charge in [-0.3, -0.25) is 9.79 Å². The van der Waals surface area contributed by atoms with Crippen LogP contribution in [0, 0.1) is 0 Å². The lowest BCUT2D eigenvalue weighted by Crippen LogP contribution is -1.88. The summed E-state index contributed by atoms with van der Waals surface area (Å²) in [6.45, 7) is 0. The fraction of sp³-hybridized carbons (Fsp3) is 0. The highest BCUT2D eigenvalue weighted by atomic mass is 31.2. The van der Waals surface area contributed by atoms with Crippen LogP contribution in [0.3, 0.4) is 0 Å². The van der Waals surface area contributed by atoms with E-state index in [9.17, 15) is 4.57 Å². The van der Waals surface area contributed by atoms with Gasteiger partial charge in [-0.25, -0.2) is 4.57 Å². The largest absolute Gasteiger partial charge is 0.526 e. The molecule has 0 atom stereocenters. The minimum atomic E-state index is -4.48. The van der Waals surface area contributed by atoms with Crippen LogP contribution in [-0.2, 0) is 4.57 Å². The highest BCUT2D eigenvalue weighted by molar-refractivity contribution is 7.46. The molecule has 0 aliphatic heterocycles. The van der Waals surface area contributed by atoms with Gasteiger partial charge in [-0.1, -0.05) is 0 Å². The van der Waals surface area contributed by atoms with Crippen molar-refractivity contribution >= 4 is 7.82 Å². The van der Waals surface area contributed by atoms with E-state index in [0.29, 0.717) is 0 Å². The van der Waals surface area contributed by atoms with Crippen molar-refractivity contribution in [2.24, 2.45) is 0 Å². The molecule has 6 nitrogen and oxygen atoms in total. The number of hydrogen-bond acceptors (Lipinski definition) is 4. The van der Waals surface area contributed by atoms with E-state index in [2.05, 4.69) is 14.2 Å². The Morgan fingerprint density at radius 1 is 1.70 bits per heavy atom. The molecule has 0 bridgehead atoms. The van der Waals surface area contributed by atoms with Crippen LogP contribution in [0.4, 0.5) is 0 Å². The molecule has 1 rings (SSSR count). The van der Waals surface area contributed by atoms with Crippen molar-refractivity contribution in [2.45, 2.75) is 0 Å². The molecule has 0 fully saturated rings. The van der Waals surface area contributed by atoms with E-state index in [0.717, 1.165) is 6.26 Å². The van der Waals surface area contributed by atoms with Crippen LogP contribution >= 0.6 is 7.82 Å². The molecule has 2 N–H and O–H groups in total. The molecule has 1 aromatic heterocycles. The second-order valence-corrected chi connectivity index (χ2v) is 2.58. The summed E-state index contributed by atoms with van der Waals surface area (Å²) in [6.07, 6.45) is 1.14. The first-order valence-electron chi connectivity index (χ1n) is 2.23. The smallest absolute Gasteiger partial charge is 0.382 e. The Balaban J connectivity index is 2.66. The molecule has 7 heteroatoms. The quantitative estimate of drug-likeness (QED) is 0.605. The summed E-state index contributed by atoms with van der Waals surface area (Å²) >= 11 is 0. The first-order valence-corrected chi connectivity index (χ1v) is 3.76. The molecule has 0 unspecified atom stereocenters. The highest BCUT2D eigenvalue weighted by Gasteiger charge is 2.16. The normalized spacial score (nSPS) is 11.4. The van der Waals surface area contributed by atoms with Crippen LogP contribution in [0.1, 0.15) is 0 Å². The number of nitrogens with zero attached hydrogens (tertiary/aromatic N) is 1. The van der Waals surface area contributed by atoms with Crippen molar-refractivity contribution in [1.82, 2.24) is 5.16 Å². The van der Waals surface area contributed by atoms with E-state index in [-0.39, 0.29) is 5.88 Å². The topological polar surface area (TPSA) is 92.8 Å². The third-order valence-electron chi connectivity index (χ3n) is 0.627. The SMILES string of the molecule is O=P(O)(O)Oc1ccon1. The van der Waals surface area contributed by atoms with Crippen molar-refractivity contribution in [3.05, 3.63) is 12.3 Å². The fourth-order valence-electron chi connectivity index (χ4n) is 0.370. The Kier molecular flexibility index (Phi) is 1.76. The Bertz CT molecular complexity index is 237. The summed E-state index contributed by atoms with van der Waals surface area (Å²) in [6, 6.07) is 1.19. The molecule has 0 aliphatic carbocycles. The lowest BCUT2D eigenvalue weighted by Gasteiger charge is -1.99. The summed E-state index contributed by atoms with van der Waals surface area (Å²) in [5.41, 5.74) is 0. The number of phosphoric acid groups is 1. The maximum Gasteiger partial charge on any atom is 0.526 e. The first kappa shape index (κ1) is 7.27. The predicted octanol–water partition coefficient (Wildman–Crippen LogP) is 0.146. The lowest BCUT2D eigenvalue weighted by molar-refractivity contribution is 0.270. The molecular formula is C3H4NO5P. The van der Waals surface area contributed by atoms with Crippen molar-refractivity contribution < 1.29 is 23.4 Å². The van der Waals surface area contributed by atoms with E-state index in [1.807, 2.05) is 0 Å². The van der Waals surface area contributed by atoms with Crippen molar-refractivity contribution in [2.75, 3.05) is 0 Å². The number of rotatable bonds is 2. The Hall–Kier alpha value is -0.840. The minimum Gasteiger partial charge on any atom is -0.382 e. The van der Waals surface area contributed by atoms with Gasteiger partial charge in [0, 0.05) is 6.07 Å². The molecule has 0 aromatic carbocycles. The molecule has 0 saturated carbocycles. The zero-order valence-corrected chi connectivity index (χ0v) is 5.56. The van der Waals surface area contributed by atoms with Gasteiger partial charge < -0.3 is 9.05 Å². The van der Waals surface area contributed by atoms with Crippen molar-refractivity contribution in [3.8, 4) is 5.88 Å². The average Bonchev–Trinajstić information content (AvgIpc) is 2.12. The maximum absolute atomic E-state index is 10.1. The van der Waals surface area contributed by atoms with E-state index in [1.54, 1.807) is 0 Å². The van der Waals surface area contributed by atoms with Crippen LogP contribution < -0.4 is 4.52 Å². The summed E-state index contributed by atoms with van der Waals surface area (Å²) in [5, 5.41) is 3.11. The third kappa shape index (κ3) is 2.18. The lowest BCUT2D eigenvalue weighted by atomic mass is 10.7. The van der Waals surface area contributed by atoms with E-state index >= 15 is 0 Å². The standard InChI is InChI=1S/C3H4NO5P/c5-10(6,7)9-3-1-2-8-4-3/h1-2H,(H2,5,6,7). The average molecular weight is 165 g/mol. The van der Waals surface area contributed by atoms with Gasteiger partial charge in [-0.05, 0) is 5.16 Å². The highest BCUT2D eigenvalue weighted by Crippen LogP contribution is 2.36. The van der Waals surface area contributed by atoms with Crippen LogP contribution in [0.15, 0.2) is 16.9 Å². The molecule has 0 amide bonds. The summed E-state index contributed by atoms with van der Waals surface area (Å²) in [4.78, 5) is 16.4. The van der Waals surface area contributed by atoms with Gasteiger partial charge in [0.05, 0.1) is 0 Å². The Labute approximate surface area is 55.6 Å². The molecule has 1 aromatic rings. The van der Waals surface area contributed by atoms with E-state index in [4.69, 9.17) is 9.79 Å². The van der Waals surface area contributed by atoms with Gasteiger partial charge in [0.1, 0.15) is 6.26 Å². The molecule has 56 valence electrons. The molecular weight excluding hydrogens is 161 g/mol. The minimum absolute atomic E-state index is 0.228. The predicted molar refractivity (Wildman–Crippen MR) is 29.2 cm³/mol. The zero-order chi connectivity index (χ0) is 7.61. The third-order valence-corrected chi connectivity index (χ3v) is 1.05. The fourth-order valence-corrected chi connectivity index (χ4v) is 0.708. The molecule has 0 saturated heterocycles. The van der Waals surface area contributed by atoms with Gasteiger partial charge in [0.2, 0.25) is 0 Å². The van der Waals surface area contributed by atoms with Gasteiger partial charge in [0.25, 0.3) is 5.88 Å². The number of phosphoric ester groups is 1. The second-order valence-electron chi connectivity index (χ2n) is 1.42. The summed E-state index contributed by atoms with van der Waals surface area (Å²) < 4.78 is 18.3. The number of aromatic nitrogens is 1. The molecule has 0 radical (unpaired) electrons. The van der Waals surface area contributed by atoms with Crippen LogP contribution in [0.2, 0.25) is 0 Å². The number of hydrogen-bond donors (Lipinski definition) is 2. The van der Waals surface area contributed by atoms with Crippen molar-refractivity contribution in [1.29, 1.82) is 0 Å². The van der Waals surface area contributed by atoms with Gasteiger partial charge >= 0.3 is 7.82 Å². The van der Waals surface area contributed by atoms with E-state index < -0.39 is 7.82 Å². The van der Waals surface area contributed by atoms with Crippen molar-refractivity contribution in [3.63, 3.8) is 0 Å². The Morgan fingerprint density at radius 3 is 2.80 bits per heavy atom. The summed E-state index contributed by atoms with van der Waals surface area (Å²) in [7, 11) is -4.48. The second kappa shape index (κ2) is 2.42. The zero-order valence-electron chi connectivity index (χ0n) is 4.67. The van der Waals surface area contributed by atoms with Gasteiger partial charge in [0.15, 0.2) is 0 Å². The van der Waals surface area contributed by atoms with Gasteiger partial charge in [-0.15, -0.1) is 0 Å². The molecule has 0 spiro atoms.